The van der Waals surface area contributed by atoms with Crippen LogP contribution in [0.2, 0.25) is 0 Å². The molecule has 1 aliphatic rings. The normalized spacial score (nSPS) is 17.7. The Morgan fingerprint density at radius 2 is 2.33 bits per heavy atom. The molecule has 0 spiro atoms. The molecule has 0 saturated heterocycles. The summed E-state index contributed by atoms with van der Waals surface area (Å²) in [6.07, 6.45) is 9.44. The Kier molecular flexibility index (Phi) is 3.47. The van der Waals surface area contributed by atoms with Crippen molar-refractivity contribution in [3.8, 4) is 0 Å². The van der Waals surface area contributed by atoms with Gasteiger partial charge in [0.1, 0.15) is 0 Å². The Hall–Kier alpha value is -0.760. The first-order valence-corrected chi connectivity index (χ1v) is 6.03. The van der Waals surface area contributed by atoms with Crippen LogP contribution in [0.3, 0.4) is 0 Å². The largest absolute Gasteiger partial charge is 0.398 e. The first-order valence-electron chi connectivity index (χ1n) is 5.60. The summed E-state index contributed by atoms with van der Waals surface area (Å²) >= 11 is 6.24. The van der Waals surface area contributed by atoms with Crippen LogP contribution in [0.5, 0.6) is 0 Å². The van der Waals surface area contributed by atoms with E-state index in [1.54, 1.807) is 6.20 Å². The number of rotatable bonds is 5. The molecule has 1 aliphatic carbocycles. The quantitative estimate of drug-likeness (QED) is 0.781. The minimum Gasteiger partial charge on any atom is -0.398 e. The molecule has 0 aromatic carbocycles. The van der Waals surface area contributed by atoms with Crippen molar-refractivity contribution in [2.24, 2.45) is 5.92 Å². The van der Waals surface area contributed by atoms with Crippen LogP contribution in [-0.2, 0) is 6.42 Å². The number of anilines is 1. The van der Waals surface area contributed by atoms with Gasteiger partial charge in [0.25, 0.3) is 0 Å². The molecule has 82 valence electrons. The maximum Gasteiger partial charge on any atom is 0.0377 e. The Balaban J connectivity index is 1.75. The molecule has 2 rings (SSSR count). The Morgan fingerprint density at radius 1 is 1.53 bits per heavy atom. The number of halogens is 1. The number of hydrogen-bond donors (Lipinski definition) is 1. The molecule has 3 heteroatoms. The molecule has 0 aliphatic heterocycles. The van der Waals surface area contributed by atoms with Crippen molar-refractivity contribution >= 4 is 17.3 Å². The van der Waals surface area contributed by atoms with E-state index in [-0.39, 0.29) is 0 Å². The number of aryl methyl sites for hydroxylation is 1. The van der Waals surface area contributed by atoms with Gasteiger partial charge in [0.2, 0.25) is 0 Å². The number of nitrogen functional groups attached to an aromatic ring is 1. The summed E-state index contributed by atoms with van der Waals surface area (Å²) in [5.41, 5.74) is 7.84. The zero-order valence-electron chi connectivity index (χ0n) is 8.82. The fourth-order valence-electron chi connectivity index (χ4n) is 1.83. The van der Waals surface area contributed by atoms with Gasteiger partial charge in [0.15, 0.2) is 0 Å². The van der Waals surface area contributed by atoms with Crippen molar-refractivity contribution in [3.63, 3.8) is 0 Å². The molecular weight excluding hydrogens is 208 g/mol. The smallest absolute Gasteiger partial charge is 0.0377 e. The lowest BCUT2D eigenvalue weighted by atomic mass is 10.1. The molecule has 1 saturated carbocycles. The second kappa shape index (κ2) is 4.84. The van der Waals surface area contributed by atoms with E-state index < -0.39 is 0 Å². The van der Waals surface area contributed by atoms with Crippen molar-refractivity contribution in [2.75, 3.05) is 5.73 Å². The molecule has 0 bridgehead atoms. The average molecular weight is 225 g/mol. The Bertz CT molecular complexity index is 323. The van der Waals surface area contributed by atoms with Crippen LogP contribution in [0.4, 0.5) is 5.69 Å². The molecule has 1 heterocycles. The molecule has 0 amide bonds. The van der Waals surface area contributed by atoms with Gasteiger partial charge < -0.3 is 5.73 Å². The highest BCUT2D eigenvalue weighted by Gasteiger charge is 2.28. The Labute approximate surface area is 95.8 Å². The highest BCUT2D eigenvalue weighted by molar-refractivity contribution is 6.20. The van der Waals surface area contributed by atoms with Crippen molar-refractivity contribution in [3.05, 3.63) is 24.0 Å². The van der Waals surface area contributed by atoms with Crippen molar-refractivity contribution < 1.29 is 0 Å². The van der Waals surface area contributed by atoms with Crippen LogP contribution in [0.1, 0.15) is 31.2 Å². The topological polar surface area (TPSA) is 38.9 Å². The van der Waals surface area contributed by atoms with Crippen molar-refractivity contribution in [1.29, 1.82) is 0 Å². The molecule has 2 N–H and O–H groups in total. The van der Waals surface area contributed by atoms with Crippen molar-refractivity contribution in [2.45, 2.75) is 37.5 Å². The first-order chi connectivity index (χ1) is 7.27. The number of aromatic nitrogens is 1. The predicted octanol–water partition coefficient (Wildman–Crippen LogP) is 3.00. The second-order valence-corrected chi connectivity index (χ2v) is 4.88. The van der Waals surface area contributed by atoms with Crippen LogP contribution in [0.15, 0.2) is 18.5 Å². The lowest BCUT2D eigenvalue weighted by Crippen LogP contribution is -2.02. The average Bonchev–Trinajstić information content (AvgIpc) is 3.04. The fraction of sp³-hybridized carbons (Fsp3) is 0.583. The fourth-order valence-corrected chi connectivity index (χ4v) is 2.23. The molecule has 1 unspecified atom stereocenters. The van der Waals surface area contributed by atoms with Crippen LogP contribution in [0.25, 0.3) is 0 Å². The minimum atomic E-state index is 0.378. The third kappa shape index (κ3) is 3.10. The monoisotopic (exact) mass is 224 g/mol. The lowest BCUT2D eigenvalue weighted by molar-refractivity contribution is 0.637. The number of nitrogens with zero attached hydrogens (tertiary/aromatic N) is 1. The van der Waals surface area contributed by atoms with Gasteiger partial charge >= 0.3 is 0 Å². The van der Waals surface area contributed by atoms with Gasteiger partial charge in [0.05, 0.1) is 0 Å². The van der Waals surface area contributed by atoms with E-state index in [0.717, 1.165) is 36.4 Å². The number of nitrogens with two attached hydrogens (primary N) is 1. The van der Waals surface area contributed by atoms with Gasteiger partial charge in [-0.3, -0.25) is 4.98 Å². The van der Waals surface area contributed by atoms with Crippen LogP contribution >= 0.6 is 11.6 Å². The third-order valence-electron chi connectivity index (χ3n) is 3.00. The summed E-state index contributed by atoms with van der Waals surface area (Å²) in [5, 5.41) is 0.378. The zero-order valence-corrected chi connectivity index (χ0v) is 9.58. The highest BCUT2D eigenvalue weighted by atomic mass is 35.5. The minimum absolute atomic E-state index is 0.378. The lowest BCUT2D eigenvalue weighted by Gasteiger charge is -2.08. The number of pyridine rings is 1. The summed E-state index contributed by atoms with van der Waals surface area (Å²) < 4.78 is 0. The van der Waals surface area contributed by atoms with E-state index in [2.05, 4.69) is 4.98 Å². The molecule has 2 nitrogen and oxygen atoms in total. The maximum atomic E-state index is 6.24. The highest BCUT2D eigenvalue weighted by Crippen LogP contribution is 2.37. The van der Waals surface area contributed by atoms with E-state index >= 15 is 0 Å². The molecule has 1 aromatic rings. The number of alkyl halides is 1. The third-order valence-corrected chi connectivity index (χ3v) is 3.58. The van der Waals surface area contributed by atoms with Crippen LogP contribution < -0.4 is 5.73 Å². The summed E-state index contributed by atoms with van der Waals surface area (Å²) in [6, 6.07) is 1.86. The van der Waals surface area contributed by atoms with Crippen LogP contribution in [-0.4, -0.2) is 10.4 Å². The predicted molar refractivity (Wildman–Crippen MR) is 64.0 cm³/mol. The van der Waals surface area contributed by atoms with Gasteiger partial charge in [-0.2, -0.15) is 0 Å². The molecule has 0 radical (unpaired) electrons. The van der Waals surface area contributed by atoms with Crippen molar-refractivity contribution in [1.82, 2.24) is 4.98 Å². The first kappa shape index (κ1) is 10.7. The van der Waals surface area contributed by atoms with E-state index in [0.29, 0.717) is 5.38 Å². The van der Waals surface area contributed by atoms with Crippen LogP contribution in [0, 0.1) is 5.92 Å². The molecule has 15 heavy (non-hydrogen) atoms. The maximum absolute atomic E-state index is 6.24. The number of hydrogen-bond acceptors (Lipinski definition) is 2. The van der Waals surface area contributed by atoms with Gasteiger partial charge in [-0.15, -0.1) is 11.6 Å². The summed E-state index contributed by atoms with van der Waals surface area (Å²) in [7, 11) is 0. The van der Waals surface area contributed by atoms with E-state index in [1.165, 1.54) is 12.8 Å². The summed E-state index contributed by atoms with van der Waals surface area (Å²) in [4.78, 5) is 4.08. The standard InChI is InChI=1S/C12H17ClN2/c13-11(9-4-5-9)3-1-2-10-8-15-7-6-12(10)14/h6-9,11H,1-5H2,(H2,14,15). The van der Waals surface area contributed by atoms with Gasteiger partial charge in [0, 0.05) is 23.5 Å². The summed E-state index contributed by atoms with van der Waals surface area (Å²) in [6.45, 7) is 0. The SMILES string of the molecule is Nc1ccncc1CCCC(Cl)C1CC1. The Morgan fingerprint density at radius 3 is 3.00 bits per heavy atom. The zero-order chi connectivity index (χ0) is 10.7. The van der Waals surface area contributed by atoms with E-state index in [4.69, 9.17) is 17.3 Å². The van der Waals surface area contributed by atoms with Gasteiger partial charge in [-0.25, -0.2) is 0 Å². The second-order valence-electron chi connectivity index (χ2n) is 4.32. The molecule has 1 fully saturated rings. The van der Waals surface area contributed by atoms with Gasteiger partial charge in [-0.1, -0.05) is 0 Å². The van der Waals surface area contributed by atoms with E-state index in [1.807, 2.05) is 12.3 Å². The molecule has 1 atom stereocenters. The van der Waals surface area contributed by atoms with E-state index in [9.17, 15) is 0 Å². The van der Waals surface area contributed by atoms with Gasteiger partial charge in [-0.05, 0) is 49.7 Å². The summed E-state index contributed by atoms with van der Waals surface area (Å²) in [5.74, 6) is 0.790. The molecule has 1 aromatic heterocycles. The molecular formula is C12H17ClN2.